The predicted molar refractivity (Wildman–Crippen MR) is 139 cm³/mol. The lowest BCUT2D eigenvalue weighted by atomic mass is 10.0. The van der Waals surface area contributed by atoms with E-state index in [-0.39, 0.29) is 5.97 Å². The minimum Gasteiger partial charge on any atom is -0.465 e. The maximum absolute atomic E-state index is 12.4. The van der Waals surface area contributed by atoms with Crippen LogP contribution >= 0.6 is 0 Å². The standard InChI is InChI=1S/C30H22N2O2/c1-34-30(33)24-16-7-9-17-26(24)31-27-19-25-22-14-8-10-18-28(22)32(20-11-3-2-4-12-20)29(25)23-15-6-5-13-21(23)27/h2-19,31H,1H3. The molecule has 0 saturated heterocycles. The van der Waals surface area contributed by atoms with Gasteiger partial charge in [0.25, 0.3) is 0 Å². The van der Waals surface area contributed by atoms with Gasteiger partial charge < -0.3 is 14.6 Å². The number of rotatable bonds is 4. The number of methoxy groups -OCH3 is 1. The summed E-state index contributed by atoms with van der Waals surface area (Å²) in [6.45, 7) is 0. The molecule has 34 heavy (non-hydrogen) atoms. The number of hydrogen-bond acceptors (Lipinski definition) is 3. The van der Waals surface area contributed by atoms with Crippen LogP contribution in [-0.2, 0) is 4.74 Å². The van der Waals surface area contributed by atoms with E-state index in [1.165, 1.54) is 12.5 Å². The summed E-state index contributed by atoms with van der Waals surface area (Å²) in [4.78, 5) is 12.4. The van der Waals surface area contributed by atoms with Crippen LogP contribution in [0, 0.1) is 0 Å². The third-order valence-electron chi connectivity index (χ3n) is 6.29. The smallest absolute Gasteiger partial charge is 0.339 e. The summed E-state index contributed by atoms with van der Waals surface area (Å²) in [5.74, 6) is -0.367. The van der Waals surface area contributed by atoms with Gasteiger partial charge in [-0.2, -0.15) is 0 Å². The fourth-order valence-corrected chi connectivity index (χ4v) is 4.80. The number of hydrogen-bond donors (Lipinski definition) is 1. The van der Waals surface area contributed by atoms with Crippen molar-refractivity contribution in [2.75, 3.05) is 12.4 Å². The van der Waals surface area contributed by atoms with Gasteiger partial charge in [-0.3, -0.25) is 0 Å². The molecule has 0 bridgehead atoms. The Morgan fingerprint density at radius 2 is 1.32 bits per heavy atom. The summed E-state index contributed by atoms with van der Waals surface area (Å²) < 4.78 is 7.33. The Labute approximate surface area is 197 Å². The van der Waals surface area contributed by atoms with Crippen molar-refractivity contribution in [3.8, 4) is 5.69 Å². The highest BCUT2D eigenvalue weighted by atomic mass is 16.5. The molecule has 0 aliphatic carbocycles. The van der Waals surface area contributed by atoms with Crippen molar-refractivity contribution in [1.29, 1.82) is 0 Å². The van der Waals surface area contributed by atoms with Crippen LogP contribution in [0.1, 0.15) is 10.4 Å². The van der Waals surface area contributed by atoms with Crippen molar-refractivity contribution in [3.63, 3.8) is 0 Å². The molecule has 0 saturated carbocycles. The zero-order valence-corrected chi connectivity index (χ0v) is 18.7. The highest BCUT2D eigenvalue weighted by molar-refractivity contribution is 6.22. The average Bonchev–Trinajstić information content (AvgIpc) is 3.24. The molecular formula is C30H22N2O2. The number of nitrogens with zero attached hydrogens (tertiary/aromatic N) is 1. The van der Waals surface area contributed by atoms with Crippen molar-refractivity contribution in [1.82, 2.24) is 4.57 Å². The molecule has 0 fully saturated rings. The van der Waals surface area contributed by atoms with Crippen LogP contribution in [0.5, 0.6) is 0 Å². The first kappa shape index (κ1) is 20.1. The molecule has 0 aliphatic heterocycles. The first-order valence-electron chi connectivity index (χ1n) is 11.2. The van der Waals surface area contributed by atoms with Gasteiger partial charge >= 0.3 is 5.97 Å². The lowest BCUT2D eigenvalue weighted by Crippen LogP contribution is -2.05. The number of ether oxygens (including phenoxy) is 1. The van der Waals surface area contributed by atoms with E-state index in [2.05, 4.69) is 82.7 Å². The SMILES string of the molecule is COC(=O)c1ccccc1Nc1cc2c3ccccc3n(-c3ccccc3)c2c2ccccc12. The van der Waals surface area contributed by atoms with Crippen molar-refractivity contribution in [2.24, 2.45) is 0 Å². The summed E-state index contributed by atoms with van der Waals surface area (Å²) in [5, 5.41) is 8.07. The molecule has 4 heteroatoms. The molecule has 6 rings (SSSR count). The molecule has 0 radical (unpaired) electrons. The number of nitrogens with one attached hydrogen (secondary N) is 1. The fourth-order valence-electron chi connectivity index (χ4n) is 4.80. The normalized spacial score (nSPS) is 11.2. The van der Waals surface area contributed by atoms with E-state index in [9.17, 15) is 4.79 Å². The molecule has 0 amide bonds. The third kappa shape index (κ3) is 3.11. The van der Waals surface area contributed by atoms with Gasteiger partial charge in [-0.05, 0) is 36.4 Å². The van der Waals surface area contributed by atoms with Gasteiger partial charge in [-0.25, -0.2) is 4.79 Å². The van der Waals surface area contributed by atoms with Crippen molar-refractivity contribution in [3.05, 3.63) is 115 Å². The maximum atomic E-state index is 12.4. The number of fused-ring (bicyclic) bond motifs is 5. The van der Waals surface area contributed by atoms with Gasteiger partial charge in [-0.1, -0.05) is 72.8 Å². The molecular weight excluding hydrogens is 420 g/mol. The van der Waals surface area contributed by atoms with Crippen LogP contribution in [0.4, 0.5) is 11.4 Å². The van der Waals surface area contributed by atoms with Crippen LogP contribution in [0.3, 0.4) is 0 Å². The van der Waals surface area contributed by atoms with Gasteiger partial charge in [-0.15, -0.1) is 0 Å². The summed E-state index contributed by atoms with van der Waals surface area (Å²) in [6, 6.07) is 36.9. The van der Waals surface area contributed by atoms with Crippen LogP contribution in [0.2, 0.25) is 0 Å². The Morgan fingerprint density at radius 3 is 2.12 bits per heavy atom. The minimum absolute atomic E-state index is 0.367. The summed E-state index contributed by atoms with van der Waals surface area (Å²) in [5.41, 5.74) is 5.59. The highest BCUT2D eigenvalue weighted by Crippen LogP contribution is 2.40. The average molecular weight is 443 g/mol. The number of esters is 1. The first-order valence-corrected chi connectivity index (χ1v) is 11.2. The van der Waals surface area contributed by atoms with E-state index in [1.807, 2.05) is 30.3 Å². The van der Waals surface area contributed by atoms with Crippen LogP contribution < -0.4 is 5.32 Å². The maximum Gasteiger partial charge on any atom is 0.339 e. The Hall–Kier alpha value is -4.57. The van der Waals surface area contributed by atoms with Gasteiger partial charge in [0, 0.05) is 32.9 Å². The largest absolute Gasteiger partial charge is 0.465 e. The molecule has 0 atom stereocenters. The second-order valence-electron chi connectivity index (χ2n) is 8.22. The monoisotopic (exact) mass is 442 g/mol. The molecule has 6 aromatic rings. The summed E-state index contributed by atoms with van der Waals surface area (Å²) in [6.07, 6.45) is 0. The first-order chi connectivity index (χ1) is 16.8. The Bertz CT molecular complexity index is 1680. The molecule has 5 aromatic carbocycles. The van der Waals surface area contributed by atoms with E-state index in [0.717, 1.165) is 38.6 Å². The van der Waals surface area contributed by atoms with E-state index in [0.29, 0.717) is 11.3 Å². The van der Waals surface area contributed by atoms with Gasteiger partial charge in [0.05, 0.1) is 29.4 Å². The summed E-state index contributed by atoms with van der Waals surface area (Å²) in [7, 11) is 1.40. The molecule has 0 unspecified atom stereocenters. The Balaban J connectivity index is 1.68. The van der Waals surface area contributed by atoms with E-state index < -0.39 is 0 Å². The van der Waals surface area contributed by atoms with E-state index in [4.69, 9.17) is 4.74 Å². The van der Waals surface area contributed by atoms with Crippen molar-refractivity contribution >= 4 is 49.9 Å². The Morgan fingerprint density at radius 1 is 0.676 bits per heavy atom. The van der Waals surface area contributed by atoms with Crippen molar-refractivity contribution < 1.29 is 9.53 Å². The molecule has 0 spiro atoms. The zero-order valence-electron chi connectivity index (χ0n) is 18.7. The number of carbonyl (C=O) groups excluding carboxylic acids is 1. The van der Waals surface area contributed by atoms with Gasteiger partial charge in [0.1, 0.15) is 0 Å². The quantitative estimate of drug-likeness (QED) is 0.288. The molecule has 0 aliphatic rings. The topological polar surface area (TPSA) is 43.3 Å². The number of para-hydroxylation sites is 3. The lowest BCUT2D eigenvalue weighted by molar-refractivity contribution is 0.0602. The molecule has 164 valence electrons. The fraction of sp³-hybridized carbons (Fsp3) is 0.0333. The van der Waals surface area contributed by atoms with Gasteiger partial charge in [0.15, 0.2) is 0 Å². The molecule has 1 heterocycles. The van der Waals surface area contributed by atoms with Gasteiger partial charge in [0.2, 0.25) is 0 Å². The lowest BCUT2D eigenvalue weighted by Gasteiger charge is -2.15. The Kier molecular flexibility index (Phi) is 4.77. The third-order valence-corrected chi connectivity index (χ3v) is 6.29. The number of carbonyl (C=O) groups is 1. The van der Waals surface area contributed by atoms with Crippen LogP contribution in [-0.4, -0.2) is 17.6 Å². The number of benzene rings is 5. The van der Waals surface area contributed by atoms with E-state index >= 15 is 0 Å². The van der Waals surface area contributed by atoms with Crippen LogP contribution in [0.25, 0.3) is 38.3 Å². The molecule has 4 nitrogen and oxygen atoms in total. The summed E-state index contributed by atoms with van der Waals surface area (Å²) >= 11 is 0. The van der Waals surface area contributed by atoms with Crippen LogP contribution in [0.15, 0.2) is 109 Å². The number of aromatic nitrogens is 1. The second kappa shape index (κ2) is 8.09. The number of anilines is 2. The zero-order chi connectivity index (χ0) is 23.1. The molecule has 1 N–H and O–H groups in total. The molecule has 1 aromatic heterocycles. The highest BCUT2D eigenvalue weighted by Gasteiger charge is 2.18. The second-order valence-corrected chi connectivity index (χ2v) is 8.22. The van der Waals surface area contributed by atoms with Crippen molar-refractivity contribution in [2.45, 2.75) is 0 Å². The van der Waals surface area contributed by atoms with E-state index in [1.54, 1.807) is 6.07 Å². The minimum atomic E-state index is -0.367. The predicted octanol–water partition coefficient (Wildman–Crippen LogP) is 7.47.